The van der Waals surface area contributed by atoms with Crippen molar-refractivity contribution in [2.45, 2.75) is 6.92 Å². The Bertz CT molecular complexity index is 260. The van der Waals surface area contributed by atoms with E-state index >= 15 is 0 Å². The van der Waals surface area contributed by atoms with E-state index in [1.165, 1.54) is 0 Å². The third kappa shape index (κ3) is 5.09. The quantitative estimate of drug-likeness (QED) is 0.891. The Morgan fingerprint density at radius 2 is 1.38 bits per heavy atom. The highest BCUT2D eigenvalue weighted by atomic mass is 35.5. The number of rotatable bonds is 3. The predicted octanol–water partition coefficient (Wildman–Crippen LogP) is 2.10. The molecule has 1 aromatic carbocycles. The third-order valence-electron chi connectivity index (χ3n) is 1.59. The lowest BCUT2D eigenvalue weighted by atomic mass is 10.3. The van der Waals surface area contributed by atoms with E-state index in [4.69, 9.17) is 19.9 Å². The second-order valence-corrected chi connectivity index (χ2v) is 2.60. The first-order chi connectivity index (χ1) is 7.24. The van der Waals surface area contributed by atoms with Gasteiger partial charge in [-0.25, -0.2) is 0 Å². The van der Waals surface area contributed by atoms with E-state index in [2.05, 4.69) is 0 Å². The molecule has 1 aromatic rings. The maximum absolute atomic E-state index is 5.11. The fourth-order valence-corrected chi connectivity index (χ4v) is 1.02. The van der Waals surface area contributed by atoms with Crippen molar-refractivity contribution in [1.82, 2.24) is 0 Å². The van der Waals surface area contributed by atoms with E-state index in [-0.39, 0.29) is 12.4 Å². The summed E-state index contributed by atoms with van der Waals surface area (Å²) in [5, 5.41) is 0. The predicted molar refractivity (Wildman–Crippen MR) is 68.1 cm³/mol. The van der Waals surface area contributed by atoms with E-state index in [0.717, 1.165) is 6.54 Å². The van der Waals surface area contributed by atoms with Crippen LogP contribution in [-0.4, -0.2) is 27.9 Å². The molecule has 0 fully saturated rings. The molecule has 5 heteroatoms. The lowest BCUT2D eigenvalue weighted by Gasteiger charge is -2.10. The van der Waals surface area contributed by atoms with Gasteiger partial charge in [0.1, 0.15) is 0 Å². The van der Waals surface area contributed by atoms with Gasteiger partial charge < -0.3 is 19.9 Å². The minimum Gasteiger partial charge on any atom is -0.493 e. The number of halogens is 1. The van der Waals surface area contributed by atoms with E-state index in [1.807, 2.05) is 25.1 Å². The third-order valence-corrected chi connectivity index (χ3v) is 1.59. The van der Waals surface area contributed by atoms with Gasteiger partial charge in [-0.2, -0.15) is 0 Å². The molecule has 0 amide bonds. The summed E-state index contributed by atoms with van der Waals surface area (Å²) in [6.45, 7) is 2.65. The van der Waals surface area contributed by atoms with E-state index in [9.17, 15) is 0 Å². The summed E-state index contributed by atoms with van der Waals surface area (Å²) < 4.78 is 15.3. The van der Waals surface area contributed by atoms with Crippen molar-refractivity contribution in [1.29, 1.82) is 0 Å². The number of hydrogen-bond acceptors (Lipinski definition) is 4. The molecule has 0 aliphatic carbocycles. The highest BCUT2D eigenvalue weighted by Crippen LogP contribution is 2.35. The van der Waals surface area contributed by atoms with Crippen LogP contribution in [0.15, 0.2) is 18.2 Å². The Balaban J connectivity index is 0. The monoisotopic (exact) mass is 249 g/mol. The molecule has 1 rings (SSSR count). The number of benzene rings is 1. The molecule has 0 saturated carbocycles. The Morgan fingerprint density at radius 3 is 1.62 bits per heavy atom. The van der Waals surface area contributed by atoms with Gasteiger partial charge in [0.05, 0.1) is 21.3 Å². The van der Waals surface area contributed by atoms with Crippen LogP contribution in [0.1, 0.15) is 6.92 Å². The van der Waals surface area contributed by atoms with Gasteiger partial charge in [-0.1, -0.05) is 13.0 Å². The maximum atomic E-state index is 5.11. The second kappa shape index (κ2) is 10.4. The molecule has 0 radical (unpaired) electrons. The van der Waals surface area contributed by atoms with Crippen LogP contribution < -0.4 is 19.9 Å². The van der Waals surface area contributed by atoms with Crippen molar-refractivity contribution in [3.05, 3.63) is 18.2 Å². The van der Waals surface area contributed by atoms with Crippen molar-refractivity contribution < 1.29 is 14.2 Å². The fourth-order valence-electron chi connectivity index (χ4n) is 1.02. The van der Waals surface area contributed by atoms with Crippen molar-refractivity contribution in [3.63, 3.8) is 0 Å². The minimum atomic E-state index is 0. The van der Waals surface area contributed by atoms with E-state index < -0.39 is 0 Å². The summed E-state index contributed by atoms with van der Waals surface area (Å²) in [7, 11) is 4.77. The zero-order valence-electron chi connectivity index (χ0n) is 10.1. The lowest BCUT2D eigenvalue weighted by Crippen LogP contribution is -1.93. The smallest absolute Gasteiger partial charge is 0.203 e. The Morgan fingerprint density at radius 1 is 1.00 bits per heavy atom. The van der Waals surface area contributed by atoms with Gasteiger partial charge in [0.2, 0.25) is 5.75 Å². The molecule has 0 aliphatic rings. The Labute approximate surface area is 103 Å². The fraction of sp³-hybridized carbons (Fsp3) is 0.455. The van der Waals surface area contributed by atoms with Gasteiger partial charge in [-0.3, -0.25) is 0 Å². The number of hydrogen-bond donors (Lipinski definition) is 1. The van der Waals surface area contributed by atoms with Crippen LogP contribution in [0.4, 0.5) is 0 Å². The Hall–Kier alpha value is -1.13. The molecule has 4 nitrogen and oxygen atoms in total. The highest BCUT2D eigenvalue weighted by Gasteiger charge is 2.08. The highest BCUT2D eigenvalue weighted by molar-refractivity contribution is 5.85. The first-order valence-corrected chi connectivity index (χ1v) is 4.70. The molecule has 0 bridgehead atoms. The van der Waals surface area contributed by atoms with Crippen LogP contribution in [0.3, 0.4) is 0 Å². The van der Waals surface area contributed by atoms with Crippen LogP contribution in [0.5, 0.6) is 17.2 Å². The molecule has 0 heterocycles. The molecule has 16 heavy (non-hydrogen) atoms. The average molecular weight is 250 g/mol. The molecule has 0 saturated heterocycles. The van der Waals surface area contributed by atoms with Crippen LogP contribution in [0, 0.1) is 0 Å². The summed E-state index contributed by atoms with van der Waals surface area (Å²) in [4.78, 5) is 0. The number of para-hydroxylation sites is 1. The Kier molecular flexibility index (Phi) is 11.2. The molecular weight excluding hydrogens is 230 g/mol. The molecule has 0 spiro atoms. The summed E-state index contributed by atoms with van der Waals surface area (Å²) in [6, 6.07) is 5.49. The van der Waals surface area contributed by atoms with E-state index in [1.54, 1.807) is 21.3 Å². The minimum absolute atomic E-state index is 0. The van der Waals surface area contributed by atoms with Gasteiger partial charge >= 0.3 is 0 Å². The molecule has 0 unspecified atom stereocenters. The van der Waals surface area contributed by atoms with Gasteiger partial charge in [0, 0.05) is 0 Å². The summed E-state index contributed by atoms with van der Waals surface area (Å²) >= 11 is 0. The van der Waals surface area contributed by atoms with Crippen molar-refractivity contribution in [2.75, 3.05) is 27.9 Å². The van der Waals surface area contributed by atoms with Gasteiger partial charge in [0.15, 0.2) is 11.5 Å². The molecule has 0 aliphatic heterocycles. The van der Waals surface area contributed by atoms with Crippen LogP contribution >= 0.6 is 12.4 Å². The standard InChI is InChI=1S/C9H12O3.C2H7N.ClH/c1-10-7-5-4-6-8(11-2)9(7)12-3;1-2-3;/h4-6H,1-3H3;2-3H2,1H3;1H. The van der Waals surface area contributed by atoms with Gasteiger partial charge in [0.25, 0.3) is 0 Å². The maximum Gasteiger partial charge on any atom is 0.203 e. The van der Waals surface area contributed by atoms with Gasteiger partial charge in [-0.15, -0.1) is 12.4 Å². The molecule has 0 atom stereocenters. The number of methoxy groups -OCH3 is 3. The largest absolute Gasteiger partial charge is 0.493 e. The normalized spacial score (nSPS) is 8.06. The number of ether oxygens (including phenoxy) is 3. The first-order valence-electron chi connectivity index (χ1n) is 4.70. The molecule has 2 N–H and O–H groups in total. The van der Waals surface area contributed by atoms with E-state index in [0.29, 0.717) is 17.2 Å². The molecule has 94 valence electrons. The zero-order chi connectivity index (χ0) is 11.7. The van der Waals surface area contributed by atoms with Crippen molar-refractivity contribution in [3.8, 4) is 17.2 Å². The zero-order valence-corrected chi connectivity index (χ0v) is 11.0. The summed E-state index contributed by atoms with van der Waals surface area (Å²) in [5.74, 6) is 1.98. The van der Waals surface area contributed by atoms with Crippen LogP contribution in [0.2, 0.25) is 0 Å². The topological polar surface area (TPSA) is 53.7 Å². The molecule has 0 aromatic heterocycles. The lowest BCUT2D eigenvalue weighted by molar-refractivity contribution is 0.324. The van der Waals surface area contributed by atoms with Crippen LogP contribution in [0.25, 0.3) is 0 Å². The van der Waals surface area contributed by atoms with Crippen molar-refractivity contribution in [2.24, 2.45) is 5.73 Å². The van der Waals surface area contributed by atoms with Crippen molar-refractivity contribution >= 4 is 12.4 Å². The SMILES string of the molecule is CCN.COc1cccc(OC)c1OC.Cl. The van der Waals surface area contributed by atoms with Gasteiger partial charge in [-0.05, 0) is 18.7 Å². The second-order valence-electron chi connectivity index (χ2n) is 2.60. The summed E-state index contributed by atoms with van der Waals surface area (Å²) in [6.07, 6.45) is 0. The first kappa shape index (κ1) is 17.3. The van der Waals surface area contributed by atoms with Crippen LogP contribution in [-0.2, 0) is 0 Å². The number of nitrogens with two attached hydrogens (primary N) is 1. The summed E-state index contributed by atoms with van der Waals surface area (Å²) in [5.41, 5.74) is 4.85. The average Bonchev–Trinajstić information content (AvgIpc) is 2.28. The molecular formula is C11H20ClNO3.